The Labute approximate surface area is 164 Å². The van der Waals surface area contributed by atoms with Crippen LogP contribution in [0, 0.1) is 11.7 Å². The third kappa shape index (κ3) is 4.60. The summed E-state index contributed by atoms with van der Waals surface area (Å²) in [6.45, 7) is 0. The fourth-order valence-corrected chi connectivity index (χ4v) is 3.74. The molecule has 27 heavy (non-hydrogen) atoms. The minimum absolute atomic E-state index is 0.0748. The van der Waals surface area contributed by atoms with Gasteiger partial charge >= 0.3 is 0 Å². The summed E-state index contributed by atoms with van der Waals surface area (Å²) in [6.07, 6.45) is 4.24. The summed E-state index contributed by atoms with van der Waals surface area (Å²) in [6, 6.07) is 11.4. The predicted octanol–water partition coefficient (Wildman–Crippen LogP) is 4.88. The maximum atomic E-state index is 14.1. The summed E-state index contributed by atoms with van der Waals surface area (Å²) in [5.74, 6) is -0.707. The molecule has 1 aliphatic rings. The Balaban J connectivity index is 1.78. The van der Waals surface area contributed by atoms with Crippen molar-refractivity contribution in [3.8, 4) is 0 Å². The van der Waals surface area contributed by atoms with Crippen LogP contribution < -0.4 is 10.2 Å². The molecule has 1 atom stereocenters. The Morgan fingerprint density at radius 3 is 2.63 bits per heavy atom. The van der Waals surface area contributed by atoms with Crippen molar-refractivity contribution in [3.05, 3.63) is 58.9 Å². The van der Waals surface area contributed by atoms with Crippen LogP contribution in [0.4, 0.5) is 15.8 Å². The number of benzene rings is 2. The van der Waals surface area contributed by atoms with Gasteiger partial charge in [0.2, 0.25) is 0 Å². The second kappa shape index (κ2) is 8.72. The molecule has 0 aliphatic heterocycles. The van der Waals surface area contributed by atoms with E-state index in [0.717, 1.165) is 25.7 Å². The van der Waals surface area contributed by atoms with Gasteiger partial charge in [0, 0.05) is 18.7 Å². The smallest absolute Gasteiger partial charge is 0.254 e. The average Bonchev–Trinajstić information content (AvgIpc) is 2.68. The van der Waals surface area contributed by atoms with Crippen molar-refractivity contribution in [1.82, 2.24) is 5.32 Å². The Morgan fingerprint density at radius 1 is 1.22 bits per heavy atom. The molecule has 0 spiro atoms. The van der Waals surface area contributed by atoms with Crippen molar-refractivity contribution >= 4 is 28.9 Å². The molecule has 1 aliphatic carbocycles. The Morgan fingerprint density at radius 2 is 1.93 bits per heavy atom. The molecule has 1 unspecified atom stereocenters. The number of hydrogen-bond acceptors (Lipinski definition) is 3. The first-order valence-electron chi connectivity index (χ1n) is 9.24. The highest BCUT2D eigenvalue weighted by Gasteiger charge is 2.24. The normalized spacial score (nSPS) is 16.0. The van der Waals surface area contributed by atoms with Crippen LogP contribution in [0.15, 0.2) is 42.5 Å². The molecule has 0 aromatic heterocycles. The number of anilines is 2. The van der Waals surface area contributed by atoms with Crippen molar-refractivity contribution in [2.24, 2.45) is 5.92 Å². The van der Waals surface area contributed by atoms with Gasteiger partial charge in [0.1, 0.15) is 12.0 Å². The highest BCUT2D eigenvalue weighted by atomic mass is 35.5. The van der Waals surface area contributed by atoms with E-state index in [0.29, 0.717) is 11.4 Å². The van der Waals surface area contributed by atoms with Crippen LogP contribution in [-0.4, -0.2) is 24.3 Å². The van der Waals surface area contributed by atoms with E-state index in [1.54, 1.807) is 48.3 Å². The third-order valence-electron chi connectivity index (χ3n) is 5.17. The molecule has 0 radical (unpaired) electrons. The van der Waals surface area contributed by atoms with Gasteiger partial charge in [0.25, 0.3) is 5.91 Å². The van der Waals surface area contributed by atoms with Crippen LogP contribution >= 0.6 is 11.6 Å². The summed E-state index contributed by atoms with van der Waals surface area (Å²) >= 11 is 6.21. The zero-order valence-corrected chi connectivity index (χ0v) is 16.0. The van der Waals surface area contributed by atoms with E-state index < -0.39 is 12.1 Å². The van der Waals surface area contributed by atoms with Gasteiger partial charge in [-0.05, 0) is 43.2 Å². The largest absolute Gasteiger partial charge is 0.373 e. The molecule has 1 amide bonds. The zero-order valence-electron chi connectivity index (χ0n) is 15.3. The molecule has 3 rings (SSSR count). The Kier molecular flexibility index (Phi) is 6.34. The zero-order chi connectivity index (χ0) is 19.4. The van der Waals surface area contributed by atoms with Crippen LogP contribution in [0.25, 0.3) is 0 Å². The van der Waals surface area contributed by atoms with Gasteiger partial charge in [0.05, 0.1) is 16.3 Å². The van der Waals surface area contributed by atoms with Crippen LogP contribution in [0.3, 0.4) is 0 Å². The number of rotatable bonds is 5. The number of nitrogens with one attached hydrogen (secondary N) is 1. The molecule has 1 fully saturated rings. The minimum Gasteiger partial charge on any atom is -0.373 e. The molecule has 2 aromatic carbocycles. The molecule has 4 nitrogen and oxygen atoms in total. The SMILES string of the molecule is CN(c1ccc(Cl)c(C(=O)NC(O)C2CCCCC2)c1)c1ccccc1F. The molecule has 144 valence electrons. The van der Waals surface area contributed by atoms with E-state index in [2.05, 4.69) is 5.32 Å². The maximum Gasteiger partial charge on any atom is 0.254 e. The number of hydrogen-bond donors (Lipinski definition) is 2. The minimum atomic E-state index is -0.887. The summed E-state index contributed by atoms with van der Waals surface area (Å²) < 4.78 is 14.1. The number of carbonyl (C=O) groups excluding carboxylic acids is 1. The van der Waals surface area contributed by atoms with Gasteiger partial charge in [-0.15, -0.1) is 0 Å². The average molecular weight is 391 g/mol. The molecule has 0 bridgehead atoms. The highest BCUT2D eigenvalue weighted by molar-refractivity contribution is 6.34. The van der Waals surface area contributed by atoms with E-state index >= 15 is 0 Å². The van der Waals surface area contributed by atoms with Gasteiger partial charge in [-0.3, -0.25) is 4.79 Å². The third-order valence-corrected chi connectivity index (χ3v) is 5.50. The van der Waals surface area contributed by atoms with Crippen LogP contribution in [0.1, 0.15) is 42.5 Å². The van der Waals surface area contributed by atoms with E-state index in [9.17, 15) is 14.3 Å². The lowest BCUT2D eigenvalue weighted by Crippen LogP contribution is -2.41. The summed E-state index contributed by atoms with van der Waals surface area (Å²) in [5, 5.41) is 13.3. The monoisotopic (exact) mass is 390 g/mol. The fraction of sp³-hybridized carbons (Fsp3) is 0.381. The number of nitrogens with zero attached hydrogens (tertiary/aromatic N) is 1. The predicted molar refractivity (Wildman–Crippen MR) is 106 cm³/mol. The molecule has 0 heterocycles. The molecule has 1 saturated carbocycles. The standard InChI is InChI=1S/C21H24ClFN2O2/c1-25(19-10-6-5-9-18(19)23)15-11-12-17(22)16(13-15)21(27)24-20(26)14-7-3-2-4-8-14/h5-6,9-14,20,26H,2-4,7-8H2,1H3,(H,24,27). The van der Waals surface area contributed by atoms with Crippen molar-refractivity contribution < 1.29 is 14.3 Å². The second-order valence-electron chi connectivity index (χ2n) is 6.99. The number of amides is 1. The van der Waals surface area contributed by atoms with Crippen molar-refractivity contribution in [2.45, 2.75) is 38.3 Å². The van der Waals surface area contributed by atoms with Gasteiger partial charge < -0.3 is 15.3 Å². The van der Waals surface area contributed by atoms with Crippen LogP contribution in [0.5, 0.6) is 0 Å². The van der Waals surface area contributed by atoms with Gasteiger partial charge in [-0.2, -0.15) is 0 Å². The van der Waals surface area contributed by atoms with E-state index in [-0.39, 0.29) is 22.3 Å². The van der Waals surface area contributed by atoms with Crippen molar-refractivity contribution in [2.75, 3.05) is 11.9 Å². The molecule has 6 heteroatoms. The molecule has 2 N–H and O–H groups in total. The number of para-hydroxylation sites is 1. The first-order valence-corrected chi connectivity index (χ1v) is 9.62. The summed E-state index contributed by atoms with van der Waals surface area (Å²) in [5.41, 5.74) is 1.28. The van der Waals surface area contributed by atoms with Gasteiger partial charge in [-0.1, -0.05) is 43.0 Å². The lowest BCUT2D eigenvalue weighted by atomic mass is 9.88. The number of halogens is 2. The quantitative estimate of drug-likeness (QED) is 0.716. The van der Waals surface area contributed by atoms with Crippen LogP contribution in [0.2, 0.25) is 5.02 Å². The van der Waals surface area contributed by atoms with E-state index in [4.69, 9.17) is 11.6 Å². The molecule has 2 aromatic rings. The van der Waals surface area contributed by atoms with Crippen molar-refractivity contribution in [1.29, 1.82) is 0 Å². The lowest BCUT2D eigenvalue weighted by Gasteiger charge is -2.27. The van der Waals surface area contributed by atoms with E-state index in [1.165, 1.54) is 12.5 Å². The maximum absolute atomic E-state index is 14.1. The first kappa shape index (κ1) is 19.6. The van der Waals surface area contributed by atoms with E-state index in [1.807, 2.05) is 0 Å². The Hall–Kier alpha value is -2.11. The molecular formula is C21H24ClFN2O2. The topological polar surface area (TPSA) is 52.6 Å². The fourth-order valence-electron chi connectivity index (χ4n) is 3.54. The van der Waals surface area contributed by atoms with Crippen LogP contribution in [-0.2, 0) is 0 Å². The summed E-state index contributed by atoms with van der Waals surface area (Å²) in [4.78, 5) is 14.3. The molecule has 0 saturated heterocycles. The van der Waals surface area contributed by atoms with Gasteiger partial charge in [0.15, 0.2) is 0 Å². The summed E-state index contributed by atoms with van der Waals surface area (Å²) in [7, 11) is 1.72. The number of carbonyl (C=O) groups is 1. The lowest BCUT2D eigenvalue weighted by molar-refractivity contribution is 0.0463. The van der Waals surface area contributed by atoms with Crippen molar-refractivity contribution in [3.63, 3.8) is 0 Å². The first-order chi connectivity index (χ1) is 13.0. The Bertz CT molecular complexity index is 809. The van der Waals surface area contributed by atoms with Gasteiger partial charge in [-0.25, -0.2) is 4.39 Å². The molecular weight excluding hydrogens is 367 g/mol. The second-order valence-corrected chi connectivity index (χ2v) is 7.40. The number of aliphatic hydroxyl groups is 1. The highest BCUT2D eigenvalue weighted by Crippen LogP contribution is 2.30. The number of aliphatic hydroxyl groups excluding tert-OH is 1.